The number of nitrogens with one attached hydrogen (secondary N) is 1. The molecule has 1 N–H and O–H groups in total. The quantitative estimate of drug-likeness (QED) is 0.541. The summed E-state index contributed by atoms with van der Waals surface area (Å²) in [6.07, 6.45) is -5.80. The van der Waals surface area contributed by atoms with Crippen LogP contribution in [0.15, 0.2) is 42.5 Å². The molecule has 0 aliphatic rings. The zero-order valence-electron chi connectivity index (χ0n) is 15.1. The second-order valence-corrected chi connectivity index (χ2v) is 5.94. The number of hydrogen-bond donors (Lipinski definition) is 1. The monoisotopic (exact) mass is 417 g/mol. The summed E-state index contributed by atoms with van der Waals surface area (Å²) in [4.78, 5) is 24.1. The molecule has 10 heteroatoms. The first-order valence-corrected chi connectivity index (χ1v) is 8.26. The zero-order chi connectivity index (χ0) is 21.6. The van der Waals surface area contributed by atoms with E-state index in [2.05, 4.69) is 4.74 Å². The van der Waals surface area contributed by atoms with Crippen LogP contribution in [0.4, 0.5) is 27.6 Å². The van der Waals surface area contributed by atoms with Gasteiger partial charge in [0, 0.05) is 0 Å². The van der Waals surface area contributed by atoms with E-state index in [-0.39, 0.29) is 12.2 Å². The molecule has 2 rings (SSSR count). The van der Waals surface area contributed by atoms with E-state index in [0.717, 1.165) is 18.2 Å². The number of carbonyl (C=O) groups is 2. The average molecular weight is 417 g/mol. The van der Waals surface area contributed by atoms with Crippen molar-refractivity contribution in [3.63, 3.8) is 0 Å². The molecule has 2 aromatic carbocycles. The first-order chi connectivity index (χ1) is 13.6. The molecule has 0 bridgehead atoms. The number of rotatable bonds is 7. The van der Waals surface area contributed by atoms with Crippen LogP contribution in [-0.4, -0.2) is 30.8 Å². The largest absolute Gasteiger partial charge is 0.449 e. The third-order valence-corrected chi connectivity index (χ3v) is 3.59. The summed E-state index contributed by atoms with van der Waals surface area (Å²) in [5.41, 5.74) is -0.239. The molecule has 0 saturated carbocycles. The maximum absolute atomic E-state index is 13.6. The molecule has 0 aliphatic carbocycles. The molecule has 0 aromatic heterocycles. The number of halogens is 5. The van der Waals surface area contributed by atoms with E-state index < -0.39 is 48.1 Å². The maximum atomic E-state index is 13.6. The zero-order valence-corrected chi connectivity index (χ0v) is 15.1. The molecule has 0 spiro atoms. The number of hydrogen-bond acceptors (Lipinski definition) is 4. The Bertz CT molecular complexity index is 848. The summed E-state index contributed by atoms with van der Waals surface area (Å²) in [6, 6.07) is 8.34. The Hall–Kier alpha value is -3.01. The Morgan fingerprint density at radius 2 is 1.62 bits per heavy atom. The molecule has 0 aliphatic heterocycles. The van der Waals surface area contributed by atoms with Crippen molar-refractivity contribution in [1.29, 1.82) is 0 Å². The van der Waals surface area contributed by atoms with E-state index in [1.165, 1.54) is 31.2 Å². The summed E-state index contributed by atoms with van der Waals surface area (Å²) >= 11 is 0. The van der Waals surface area contributed by atoms with Gasteiger partial charge in [-0.05, 0) is 36.8 Å². The van der Waals surface area contributed by atoms with Gasteiger partial charge in [-0.25, -0.2) is 13.6 Å². The third kappa shape index (κ3) is 6.83. The predicted molar refractivity (Wildman–Crippen MR) is 92.0 cm³/mol. The molecule has 0 heterocycles. The van der Waals surface area contributed by atoms with Crippen LogP contribution in [0.3, 0.4) is 0 Å². The third-order valence-electron chi connectivity index (χ3n) is 3.59. The second-order valence-electron chi connectivity index (χ2n) is 5.94. The number of alkyl halides is 3. The lowest BCUT2D eigenvalue weighted by Gasteiger charge is -2.14. The van der Waals surface area contributed by atoms with Crippen LogP contribution in [-0.2, 0) is 20.9 Å². The van der Waals surface area contributed by atoms with Gasteiger partial charge in [0.05, 0.1) is 12.2 Å². The van der Waals surface area contributed by atoms with Crippen molar-refractivity contribution in [3.05, 3.63) is 65.2 Å². The van der Waals surface area contributed by atoms with Gasteiger partial charge in [0.2, 0.25) is 0 Å². The highest BCUT2D eigenvalue weighted by molar-refractivity contribution is 5.97. The van der Waals surface area contributed by atoms with Crippen molar-refractivity contribution in [2.45, 2.75) is 25.8 Å². The molecule has 1 unspecified atom stereocenters. The highest BCUT2D eigenvalue weighted by Crippen LogP contribution is 2.19. The van der Waals surface area contributed by atoms with Crippen molar-refractivity contribution in [1.82, 2.24) is 0 Å². The number of anilines is 1. The second kappa shape index (κ2) is 9.46. The Kier molecular flexibility index (Phi) is 7.27. The predicted octanol–water partition coefficient (Wildman–Crippen LogP) is 4.23. The number of benzene rings is 2. The normalized spacial score (nSPS) is 12.3. The SMILES string of the molecule is CC(OC(=O)c1ccc(COCC(F)(F)F)cc1)C(=O)Nc1c(F)cccc1F. The molecule has 5 nitrogen and oxygen atoms in total. The molecule has 156 valence electrons. The molecule has 0 fully saturated rings. The minimum atomic E-state index is -4.44. The molecule has 2 aromatic rings. The molecule has 1 atom stereocenters. The van der Waals surface area contributed by atoms with Crippen LogP contribution >= 0.6 is 0 Å². The van der Waals surface area contributed by atoms with Crippen LogP contribution in [0.5, 0.6) is 0 Å². The summed E-state index contributed by atoms with van der Waals surface area (Å²) in [6.45, 7) is -0.487. The Morgan fingerprint density at radius 3 is 2.17 bits per heavy atom. The Labute approximate surface area is 162 Å². The van der Waals surface area contributed by atoms with Gasteiger partial charge in [-0.15, -0.1) is 0 Å². The molecule has 0 radical (unpaired) electrons. The van der Waals surface area contributed by atoms with Crippen molar-refractivity contribution in [2.24, 2.45) is 0 Å². The van der Waals surface area contributed by atoms with E-state index in [0.29, 0.717) is 5.56 Å². The highest BCUT2D eigenvalue weighted by Gasteiger charge is 2.27. The molecular formula is C19H16F5NO4. The lowest BCUT2D eigenvalue weighted by Crippen LogP contribution is -2.30. The van der Waals surface area contributed by atoms with Gasteiger partial charge < -0.3 is 14.8 Å². The van der Waals surface area contributed by atoms with Crippen molar-refractivity contribution in [2.75, 3.05) is 11.9 Å². The summed E-state index contributed by atoms with van der Waals surface area (Å²) in [5, 5.41) is 2.00. The van der Waals surface area contributed by atoms with Crippen molar-refractivity contribution >= 4 is 17.6 Å². The van der Waals surface area contributed by atoms with Crippen molar-refractivity contribution in [3.8, 4) is 0 Å². The smallest absolute Gasteiger partial charge is 0.411 e. The van der Waals surface area contributed by atoms with Gasteiger partial charge in [0.1, 0.15) is 23.9 Å². The minimum absolute atomic E-state index is 0.0290. The fourth-order valence-electron chi connectivity index (χ4n) is 2.15. The standard InChI is InChI=1S/C19H16F5NO4/c1-11(17(26)25-16-14(20)3-2-4-15(16)21)29-18(27)13-7-5-12(6-8-13)9-28-10-19(22,23)24/h2-8,11H,9-10H2,1H3,(H,25,26). The fourth-order valence-corrected chi connectivity index (χ4v) is 2.15. The summed E-state index contributed by atoms with van der Waals surface area (Å²) in [7, 11) is 0. The van der Waals surface area contributed by atoms with E-state index in [9.17, 15) is 31.5 Å². The average Bonchev–Trinajstić information content (AvgIpc) is 2.64. The number of amides is 1. The first kappa shape index (κ1) is 22.3. The van der Waals surface area contributed by atoms with E-state index in [4.69, 9.17) is 4.74 Å². The number of ether oxygens (including phenoxy) is 2. The van der Waals surface area contributed by atoms with Gasteiger partial charge in [-0.3, -0.25) is 4.79 Å². The van der Waals surface area contributed by atoms with Crippen molar-refractivity contribution < 1.29 is 41.0 Å². The number of esters is 1. The van der Waals surface area contributed by atoms with Crippen LogP contribution in [0.1, 0.15) is 22.8 Å². The van der Waals surface area contributed by atoms with E-state index in [1.807, 2.05) is 5.32 Å². The highest BCUT2D eigenvalue weighted by atomic mass is 19.4. The Balaban J connectivity index is 1.91. The molecule has 29 heavy (non-hydrogen) atoms. The lowest BCUT2D eigenvalue weighted by atomic mass is 10.1. The topological polar surface area (TPSA) is 64.6 Å². The van der Waals surface area contributed by atoms with Gasteiger partial charge in [0.25, 0.3) is 5.91 Å². The number of para-hydroxylation sites is 1. The first-order valence-electron chi connectivity index (χ1n) is 8.26. The van der Waals surface area contributed by atoms with Gasteiger partial charge in [-0.1, -0.05) is 18.2 Å². The number of carbonyl (C=O) groups excluding carboxylic acids is 2. The summed E-state index contributed by atoms with van der Waals surface area (Å²) in [5.74, 6) is -3.82. The maximum Gasteiger partial charge on any atom is 0.411 e. The summed E-state index contributed by atoms with van der Waals surface area (Å²) < 4.78 is 72.7. The van der Waals surface area contributed by atoms with Gasteiger partial charge in [0.15, 0.2) is 6.10 Å². The van der Waals surface area contributed by atoms with Crippen LogP contribution in [0, 0.1) is 11.6 Å². The van der Waals surface area contributed by atoms with E-state index in [1.54, 1.807) is 0 Å². The van der Waals surface area contributed by atoms with Gasteiger partial charge in [-0.2, -0.15) is 13.2 Å². The molecular weight excluding hydrogens is 401 g/mol. The van der Waals surface area contributed by atoms with Crippen LogP contribution < -0.4 is 5.32 Å². The van der Waals surface area contributed by atoms with Gasteiger partial charge >= 0.3 is 12.1 Å². The van der Waals surface area contributed by atoms with E-state index >= 15 is 0 Å². The minimum Gasteiger partial charge on any atom is -0.449 e. The van der Waals surface area contributed by atoms with Crippen LogP contribution in [0.2, 0.25) is 0 Å². The molecule has 0 saturated heterocycles. The Morgan fingerprint density at radius 1 is 1.03 bits per heavy atom. The fraction of sp³-hybridized carbons (Fsp3) is 0.263. The lowest BCUT2D eigenvalue weighted by molar-refractivity contribution is -0.176. The molecule has 1 amide bonds. The van der Waals surface area contributed by atoms with Crippen LogP contribution in [0.25, 0.3) is 0 Å².